The second-order valence-corrected chi connectivity index (χ2v) is 5.82. The van der Waals surface area contributed by atoms with E-state index in [0.717, 1.165) is 22.9 Å². The molecule has 1 N–H and O–H groups in total. The van der Waals surface area contributed by atoms with Crippen molar-refractivity contribution in [3.05, 3.63) is 78.0 Å². The number of nitrogens with zero attached hydrogens (tertiary/aromatic N) is 1. The van der Waals surface area contributed by atoms with Crippen molar-refractivity contribution in [2.24, 2.45) is 5.92 Å². The van der Waals surface area contributed by atoms with E-state index >= 15 is 0 Å². The third-order valence-corrected chi connectivity index (χ3v) is 4.44. The Morgan fingerprint density at radius 3 is 2.71 bits per heavy atom. The molecule has 21 heavy (non-hydrogen) atoms. The Bertz CT molecular complexity index is 769. The third kappa shape index (κ3) is 2.32. The molecule has 1 heterocycles. The number of aliphatic hydroxyl groups is 1. The SMILES string of the molecule is OC(c1ccc2cccnc2c1)C1CC1c1ccccc1. The third-order valence-electron chi connectivity index (χ3n) is 4.44. The first-order valence-electron chi connectivity index (χ1n) is 7.40. The van der Waals surface area contributed by atoms with Gasteiger partial charge in [-0.05, 0) is 41.5 Å². The standard InChI is InChI=1S/C19H17NO/c21-19(17-12-16(17)13-5-2-1-3-6-13)15-9-8-14-7-4-10-20-18(14)11-15/h1-11,16-17,19,21H,12H2. The molecule has 0 spiro atoms. The first-order valence-corrected chi connectivity index (χ1v) is 7.40. The second kappa shape index (κ2) is 4.97. The van der Waals surface area contributed by atoms with Crippen molar-refractivity contribution in [2.45, 2.75) is 18.4 Å². The van der Waals surface area contributed by atoms with E-state index in [-0.39, 0.29) is 0 Å². The summed E-state index contributed by atoms with van der Waals surface area (Å²) in [5.74, 6) is 0.814. The molecule has 0 bridgehead atoms. The van der Waals surface area contributed by atoms with Crippen molar-refractivity contribution < 1.29 is 5.11 Å². The highest BCUT2D eigenvalue weighted by atomic mass is 16.3. The van der Waals surface area contributed by atoms with Gasteiger partial charge in [0.2, 0.25) is 0 Å². The highest BCUT2D eigenvalue weighted by Gasteiger charge is 2.43. The van der Waals surface area contributed by atoms with Gasteiger partial charge >= 0.3 is 0 Å². The Labute approximate surface area is 124 Å². The molecular formula is C19H17NO. The monoisotopic (exact) mass is 275 g/mol. The van der Waals surface area contributed by atoms with Crippen LogP contribution in [0.2, 0.25) is 0 Å². The summed E-state index contributed by atoms with van der Waals surface area (Å²) in [4.78, 5) is 4.37. The van der Waals surface area contributed by atoms with E-state index in [1.165, 1.54) is 5.56 Å². The Kier molecular flexibility index (Phi) is 2.97. The zero-order chi connectivity index (χ0) is 14.2. The minimum atomic E-state index is -0.401. The number of rotatable bonds is 3. The number of hydrogen-bond donors (Lipinski definition) is 1. The van der Waals surface area contributed by atoms with Gasteiger partial charge in [0.25, 0.3) is 0 Å². The molecule has 2 nitrogen and oxygen atoms in total. The fraction of sp³-hybridized carbons (Fsp3) is 0.211. The molecule has 0 amide bonds. The molecular weight excluding hydrogens is 258 g/mol. The Hall–Kier alpha value is -2.19. The van der Waals surface area contributed by atoms with Gasteiger partial charge in [-0.2, -0.15) is 0 Å². The largest absolute Gasteiger partial charge is 0.388 e. The Morgan fingerprint density at radius 2 is 1.86 bits per heavy atom. The van der Waals surface area contributed by atoms with Crippen LogP contribution in [0.1, 0.15) is 29.6 Å². The lowest BCUT2D eigenvalue weighted by atomic mass is 10.00. The zero-order valence-electron chi connectivity index (χ0n) is 11.7. The summed E-state index contributed by atoms with van der Waals surface area (Å²) in [5.41, 5.74) is 3.26. The summed E-state index contributed by atoms with van der Waals surface area (Å²) in [5, 5.41) is 11.7. The molecule has 3 unspecified atom stereocenters. The van der Waals surface area contributed by atoms with Gasteiger partial charge in [-0.3, -0.25) is 4.98 Å². The number of fused-ring (bicyclic) bond motifs is 1. The molecule has 0 saturated heterocycles. The van der Waals surface area contributed by atoms with E-state index < -0.39 is 6.10 Å². The first kappa shape index (κ1) is 12.5. The van der Waals surface area contributed by atoms with Crippen molar-refractivity contribution in [1.82, 2.24) is 4.98 Å². The van der Waals surface area contributed by atoms with Crippen LogP contribution in [0.5, 0.6) is 0 Å². The maximum Gasteiger partial charge on any atom is 0.0825 e. The molecule has 2 aromatic carbocycles. The average molecular weight is 275 g/mol. The Balaban J connectivity index is 1.58. The van der Waals surface area contributed by atoms with Crippen molar-refractivity contribution in [1.29, 1.82) is 0 Å². The van der Waals surface area contributed by atoms with Crippen molar-refractivity contribution in [3.63, 3.8) is 0 Å². The van der Waals surface area contributed by atoms with Gasteiger partial charge in [0.15, 0.2) is 0 Å². The van der Waals surface area contributed by atoms with Crippen LogP contribution < -0.4 is 0 Å². The van der Waals surface area contributed by atoms with Gasteiger partial charge in [-0.15, -0.1) is 0 Å². The highest BCUT2D eigenvalue weighted by Crippen LogP contribution is 2.54. The van der Waals surface area contributed by atoms with E-state index in [2.05, 4.69) is 29.2 Å². The van der Waals surface area contributed by atoms with Crippen molar-refractivity contribution in [3.8, 4) is 0 Å². The summed E-state index contributed by atoms with van der Waals surface area (Å²) in [6.45, 7) is 0. The molecule has 1 saturated carbocycles. The number of hydrogen-bond acceptors (Lipinski definition) is 2. The molecule has 0 aliphatic heterocycles. The van der Waals surface area contributed by atoms with Crippen LogP contribution in [0.15, 0.2) is 66.9 Å². The lowest BCUT2D eigenvalue weighted by Crippen LogP contribution is -2.01. The van der Waals surface area contributed by atoms with Gasteiger partial charge in [0.05, 0.1) is 11.6 Å². The van der Waals surface area contributed by atoms with Gasteiger partial charge in [0.1, 0.15) is 0 Å². The van der Waals surface area contributed by atoms with Crippen LogP contribution in [0.25, 0.3) is 10.9 Å². The summed E-state index contributed by atoms with van der Waals surface area (Å²) in [7, 11) is 0. The van der Waals surface area contributed by atoms with Crippen LogP contribution in [-0.2, 0) is 0 Å². The van der Waals surface area contributed by atoms with E-state index in [1.54, 1.807) is 6.20 Å². The number of aromatic nitrogens is 1. The van der Waals surface area contributed by atoms with Gasteiger partial charge in [-0.1, -0.05) is 48.5 Å². The lowest BCUT2D eigenvalue weighted by Gasteiger charge is -2.11. The van der Waals surface area contributed by atoms with Crippen molar-refractivity contribution in [2.75, 3.05) is 0 Å². The molecule has 1 aliphatic carbocycles. The minimum absolute atomic E-state index is 0.327. The average Bonchev–Trinajstić information content (AvgIpc) is 3.35. The normalized spacial score (nSPS) is 22.1. The minimum Gasteiger partial charge on any atom is -0.388 e. The van der Waals surface area contributed by atoms with Gasteiger partial charge in [-0.25, -0.2) is 0 Å². The highest BCUT2D eigenvalue weighted by molar-refractivity contribution is 5.78. The van der Waals surface area contributed by atoms with Gasteiger partial charge < -0.3 is 5.11 Å². The topological polar surface area (TPSA) is 33.1 Å². The van der Waals surface area contributed by atoms with Crippen molar-refractivity contribution >= 4 is 10.9 Å². The summed E-state index contributed by atoms with van der Waals surface area (Å²) in [6.07, 6.45) is 2.45. The van der Waals surface area contributed by atoms with E-state index in [1.807, 2.05) is 36.4 Å². The van der Waals surface area contributed by atoms with Crippen LogP contribution in [-0.4, -0.2) is 10.1 Å². The molecule has 2 heteroatoms. The number of pyridine rings is 1. The summed E-state index contributed by atoms with van der Waals surface area (Å²) in [6, 6.07) is 20.5. The van der Waals surface area contributed by atoms with E-state index in [4.69, 9.17) is 0 Å². The van der Waals surface area contributed by atoms with E-state index in [9.17, 15) is 5.11 Å². The fourth-order valence-corrected chi connectivity index (χ4v) is 3.16. The number of benzene rings is 2. The zero-order valence-corrected chi connectivity index (χ0v) is 11.7. The summed E-state index contributed by atoms with van der Waals surface area (Å²) < 4.78 is 0. The van der Waals surface area contributed by atoms with Gasteiger partial charge in [0, 0.05) is 11.6 Å². The first-order chi connectivity index (χ1) is 10.3. The number of aliphatic hydroxyl groups excluding tert-OH is 1. The predicted molar refractivity (Wildman–Crippen MR) is 84.0 cm³/mol. The molecule has 0 radical (unpaired) electrons. The maximum atomic E-state index is 10.6. The Morgan fingerprint density at radius 1 is 1.00 bits per heavy atom. The van der Waals surface area contributed by atoms with Crippen LogP contribution in [0.3, 0.4) is 0 Å². The predicted octanol–water partition coefficient (Wildman–Crippen LogP) is 4.07. The van der Waals surface area contributed by atoms with E-state index in [0.29, 0.717) is 11.8 Å². The molecule has 3 aromatic rings. The fourth-order valence-electron chi connectivity index (χ4n) is 3.16. The van der Waals surface area contributed by atoms with Crippen LogP contribution in [0, 0.1) is 5.92 Å². The molecule has 104 valence electrons. The molecule has 1 aliphatic rings. The second-order valence-electron chi connectivity index (χ2n) is 5.82. The maximum absolute atomic E-state index is 10.6. The summed E-state index contributed by atoms with van der Waals surface area (Å²) >= 11 is 0. The molecule has 4 rings (SSSR count). The van der Waals surface area contributed by atoms with Crippen LogP contribution in [0.4, 0.5) is 0 Å². The smallest absolute Gasteiger partial charge is 0.0825 e. The molecule has 1 aromatic heterocycles. The quantitative estimate of drug-likeness (QED) is 0.781. The lowest BCUT2D eigenvalue weighted by molar-refractivity contribution is 0.151. The van der Waals surface area contributed by atoms with Crippen LogP contribution >= 0.6 is 0 Å². The molecule has 3 atom stereocenters. The molecule has 1 fully saturated rings.